The molecule has 1 aliphatic carbocycles. The lowest BCUT2D eigenvalue weighted by Gasteiger charge is -2.39. The van der Waals surface area contributed by atoms with E-state index in [4.69, 9.17) is 4.74 Å². The van der Waals surface area contributed by atoms with Crippen LogP contribution in [0.15, 0.2) is 73.1 Å². The number of ether oxygens (including phenoxy) is 1. The van der Waals surface area contributed by atoms with E-state index in [1.165, 1.54) is 17.0 Å². The normalized spacial score (nSPS) is 19.0. The van der Waals surface area contributed by atoms with E-state index in [-0.39, 0.29) is 29.7 Å². The summed E-state index contributed by atoms with van der Waals surface area (Å²) < 4.78 is 7.11. The van der Waals surface area contributed by atoms with Crippen LogP contribution in [0, 0.1) is 10.1 Å². The van der Waals surface area contributed by atoms with Gasteiger partial charge in [0.15, 0.2) is 5.54 Å². The molecule has 4 aromatic rings. The van der Waals surface area contributed by atoms with Crippen molar-refractivity contribution in [3.63, 3.8) is 0 Å². The predicted octanol–water partition coefficient (Wildman–Crippen LogP) is 4.60. The quantitative estimate of drug-likeness (QED) is 0.271. The van der Waals surface area contributed by atoms with Gasteiger partial charge in [0.25, 0.3) is 17.5 Å². The molecule has 0 bridgehead atoms. The highest BCUT2D eigenvalue weighted by molar-refractivity contribution is 6.09. The van der Waals surface area contributed by atoms with Crippen molar-refractivity contribution < 1.29 is 19.2 Å². The average Bonchev–Trinajstić information content (AvgIpc) is 3.51. The lowest BCUT2D eigenvalue weighted by Crippen LogP contribution is -2.57. The van der Waals surface area contributed by atoms with Gasteiger partial charge in [0.1, 0.15) is 11.4 Å². The van der Waals surface area contributed by atoms with Crippen molar-refractivity contribution >= 4 is 23.1 Å². The standard InChI is InChI=1S/C30H29N5O5/c1-40-23-13-10-20(11-14-23)19-34-28(36)24-17-22(35(38)39)12-15-25(24)30(34,29(37)32-21-7-3-2-4-8-21)26-18-31-27-9-5-6-16-33(26)27/h5-6,9-18,21H,2-4,7-8,19H2,1H3,(H,32,37). The second-order valence-corrected chi connectivity index (χ2v) is 10.3. The molecular weight excluding hydrogens is 510 g/mol. The zero-order valence-corrected chi connectivity index (χ0v) is 22.1. The van der Waals surface area contributed by atoms with Gasteiger partial charge in [-0.1, -0.05) is 37.5 Å². The summed E-state index contributed by atoms with van der Waals surface area (Å²) in [5, 5.41) is 14.9. The summed E-state index contributed by atoms with van der Waals surface area (Å²) in [7, 11) is 1.58. The first-order valence-corrected chi connectivity index (χ1v) is 13.4. The summed E-state index contributed by atoms with van der Waals surface area (Å²) in [5.74, 6) is -0.141. The topological polar surface area (TPSA) is 119 Å². The fourth-order valence-electron chi connectivity index (χ4n) is 6.06. The smallest absolute Gasteiger partial charge is 0.270 e. The molecule has 1 N–H and O–H groups in total. The second-order valence-electron chi connectivity index (χ2n) is 10.3. The highest BCUT2D eigenvalue weighted by Crippen LogP contribution is 2.47. The molecule has 2 aromatic carbocycles. The van der Waals surface area contributed by atoms with Crippen LogP contribution in [0.2, 0.25) is 0 Å². The Morgan fingerprint density at radius 1 is 1.12 bits per heavy atom. The van der Waals surface area contributed by atoms with E-state index in [9.17, 15) is 19.7 Å². The first-order chi connectivity index (χ1) is 19.4. The number of rotatable bonds is 7. The van der Waals surface area contributed by atoms with Gasteiger partial charge in [-0.05, 0) is 48.7 Å². The lowest BCUT2D eigenvalue weighted by atomic mass is 9.84. The lowest BCUT2D eigenvalue weighted by molar-refractivity contribution is -0.384. The molecule has 2 aliphatic rings. The Morgan fingerprint density at radius 2 is 1.90 bits per heavy atom. The van der Waals surface area contributed by atoms with Gasteiger partial charge < -0.3 is 19.4 Å². The molecule has 1 aliphatic heterocycles. The van der Waals surface area contributed by atoms with E-state index < -0.39 is 16.4 Å². The van der Waals surface area contributed by atoms with E-state index >= 15 is 0 Å². The van der Waals surface area contributed by atoms with E-state index in [0.717, 1.165) is 37.7 Å². The van der Waals surface area contributed by atoms with Gasteiger partial charge >= 0.3 is 0 Å². The minimum absolute atomic E-state index is 0.0302. The maximum Gasteiger partial charge on any atom is 0.270 e. The number of nitro benzene ring substituents is 1. The highest BCUT2D eigenvalue weighted by atomic mass is 16.6. The number of hydrogen-bond acceptors (Lipinski definition) is 6. The maximum atomic E-state index is 14.7. The zero-order valence-electron chi connectivity index (χ0n) is 22.1. The van der Waals surface area contributed by atoms with Gasteiger partial charge in [0.05, 0.1) is 29.5 Å². The summed E-state index contributed by atoms with van der Waals surface area (Å²) in [5.41, 5.74) is 0.598. The third kappa shape index (κ3) is 4.07. The summed E-state index contributed by atoms with van der Waals surface area (Å²) in [6.07, 6.45) is 8.31. The highest BCUT2D eigenvalue weighted by Gasteiger charge is 2.58. The monoisotopic (exact) mass is 539 g/mol. The molecule has 2 amide bonds. The number of nitro groups is 1. The van der Waals surface area contributed by atoms with Crippen LogP contribution in [0.4, 0.5) is 5.69 Å². The number of pyridine rings is 1. The number of hydrogen-bond donors (Lipinski definition) is 1. The minimum atomic E-state index is -1.61. The number of fused-ring (bicyclic) bond motifs is 2. The van der Waals surface area contributed by atoms with Crippen LogP contribution in [0.3, 0.4) is 0 Å². The Labute approximate surface area is 230 Å². The molecule has 204 valence electrons. The van der Waals surface area contributed by atoms with Crippen LogP contribution >= 0.6 is 0 Å². The Bertz CT molecular complexity index is 1610. The molecule has 2 aromatic heterocycles. The van der Waals surface area contributed by atoms with Crippen molar-refractivity contribution in [1.82, 2.24) is 19.6 Å². The molecule has 1 saturated carbocycles. The number of imidazole rings is 1. The van der Waals surface area contributed by atoms with Crippen molar-refractivity contribution in [3.05, 3.63) is 106 Å². The number of benzene rings is 2. The van der Waals surface area contributed by atoms with Crippen LogP contribution in [-0.2, 0) is 16.9 Å². The summed E-state index contributed by atoms with van der Waals surface area (Å²) in [6, 6.07) is 17.0. The summed E-state index contributed by atoms with van der Waals surface area (Å²) in [6.45, 7) is 0.0868. The SMILES string of the molecule is COc1ccc(CN2C(=O)c3cc([N+](=O)[O-])ccc3C2(C(=O)NC2CCCCC2)c2cnc3ccccn23)cc1. The van der Waals surface area contributed by atoms with E-state index in [2.05, 4.69) is 10.3 Å². The van der Waals surface area contributed by atoms with Crippen molar-refractivity contribution in [2.75, 3.05) is 7.11 Å². The van der Waals surface area contributed by atoms with Crippen LogP contribution in [0.5, 0.6) is 5.75 Å². The first kappa shape index (κ1) is 25.5. The van der Waals surface area contributed by atoms with Gasteiger partial charge in [-0.3, -0.25) is 19.7 Å². The fraction of sp³-hybridized carbons (Fsp3) is 0.300. The molecule has 3 heterocycles. The molecule has 0 saturated heterocycles. The molecule has 10 nitrogen and oxygen atoms in total. The Hall–Kier alpha value is -4.73. The molecule has 1 atom stereocenters. The number of nitrogens with one attached hydrogen (secondary N) is 1. The van der Waals surface area contributed by atoms with Gasteiger partial charge in [0.2, 0.25) is 0 Å². The fourth-order valence-corrected chi connectivity index (χ4v) is 6.06. The second kappa shape index (κ2) is 10.1. The molecule has 0 radical (unpaired) electrons. The number of amides is 2. The van der Waals surface area contributed by atoms with E-state index in [0.29, 0.717) is 22.7 Å². The number of nitrogens with zero attached hydrogens (tertiary/aromatic N) is 4. The van der Waals surface area contributed by atoms with Crippen LogP contribution in [0.25, 0.3) is 5.65 Å². The van der Waals surface area contributed by atoms with Crippen LogP contribution < -0.4 is 10.1 Å². The van der Waals surface area contributed by atoms with Crippen molar-refractivity contribution in [2.24, 2.45) is 0 Å². The molecule has 6 rings (SSSR count). The van der Waals surface area contributed by atoms with Gasteiger partial charge in [0, 0.05) is 36.5 Å². The zero-order chi connectivity index (χ0) is 27.9. The van der Waals surface area contributed by atoms with Gasteiger partial charge in [-0.15, -0.1) is 0 Å². The molecular formula is C30H29N5O5. The molecule has 0 spiro atoms. The summed E-state index contributed by atoms with van der Waals surface area (Å²) in [4.78, 5) is 46.2. The van der Waals surface area contributed by atoms with Gasteiger partial charge in [-0.25, -0.2) is 4.98 Å². The Morgan fingerprint density at radius 3 is 2.62 bits per heavy atom. The molecule has 40 heavy (non-hydrogen) atoms. The molecule has 10 heteroatoms. The summed E-state index contributed by atoms with van der Waals surface area (Å²) >= 11 is 0. The number of aromatic nitrogens is 2. The molecule has 1 fully saturated rings. The van der Waals surface area contributed by atoms with E-state index in [1.807, 2.05) is 40.9 Å². The van der Waals surface area contributed by atoms with Crippen molar-refractivity contribution in [3.8, 4) is 5.75 Å². The Balaban J connectivity index is 1.59. The van der Waals surface area contributed by atoms with Crippen LogP contribution in [0.1, 0.15) is 59.3 Å². The number of methoxy groups -OCH3 is 1. The predicted molar refractivity (Wildman–Crippen MR) is 147 cm³/mol. The minimum Gasteiger partial charge on any atom is -0.497 e. The largest absolute Gasteiger partial charge is 0.497 e. The third-order valence-corrected chi connectivity index (χ3v) is 8.04. The third-order valence-electron chi connectivity index (χ3n) is 8.04. The van der Waals surface area contributed by atoms with Crippen molar-refractivity contribution in [2.45, 2.75) is 50.2 Å². The van der Waals surface area contributed by atoms with E-state index in [1.54, 1.807) is 31.5 Å². The maximum absolute atomic E-state index is 14.7. The molecule has 1 unspecified atom stereocenters. The Kier molecular flexibility index (Phi) is 6.45. The van der Waals surface area contributed by atoms with Crippen LogP contribution in [-0.4, -0.2) is 44.2 Å². The number of non-ortho nitro benzene ring substituents is 1. The van der Waals surface area contributed by atoms with Crippen molar-refractivity contribution in [1.29, 1.82) is 0 Å². The first-order valence-electron chi connectivity index (χ1n) is 13.4. The number of carbonyl (C=O) groups is 2. The average molecular weight is 540 g/mol. The number of carbonyl (C=O) groups excluding carboxylic acids is 2. The van der Waals surface area contributed by atoms with Gasteiger partial charge in [-0.2, -0.15) is 0 Å².